The van der Waals surface area contributed by atoms with Crippen molar-refractivity contribution in [2.75, 3.05) is 25.6 Å². The van der Waals surface area contributed by atoms with Crippen molar-refractivity contribution in [1.82, 2.24) is 4.31 Å². The quantitative estimate of drug-likeness (QED) is 0.196. The standard InChI is InChI=1S/C12H17NS.C10H10N2O4.C4H8.C2H2/c1-10-3-5-12(6-4-10)14-13-8-7-11(2)9-13;11-6-2-9-8(15-4-16-9)1-5(6)7(12)3-10(13)14;1-2-4-3-1;1-2/h3-6,11H,7-9H2,1-2H3;1-2,12H,3-4,11H2,(H,13,14);1-4H2;1-2H/t11-;;;/m0.../s1. The molecular weight excluding hydrogens is 474 g/mol. The molecule has 0 bridgehead atoms. The van der Waals surface area contributed by atoms with Crippen LogP contribution in [0, 0.1) is 31.1 Å². The topological polar surface area (TPSA) is 109 Å². The largest absolute Gasteiger partial charge is 0.481 e. The Morgan fingerprint density at radius 2 is 1.72 bits per heavy atom. The molecule has 36 heavy (non-hydrogen) atoms. The van der Waals surface area contributed by atoms with Gasteiger partial charge in [-0.2, -0.15) is 0 Å². The number of terminal acetylenes is 1. The van der Waals surface area contributed by atoms with E-state index in [1.807, 2.05) is 11.9 Å². The lowest BCUT2D eigenvalue weighted by Crippen LogP contribution is -2.10. The second-order valence-electron chi connectivity index (χ2n) is 8.94. The van der Waals surface area contributed by atoms with Gasteiger partial charge in [-0.15, -0.1) is 12.8 Å². The van der Waals surface area contributed by atoms with E-state index in [9.17, 15) is 4.79 Å². The van der Waals surface area contributed by atoms with E-state index < -0.39 is 5.97 Å². The number of nitrogen functional groups attached to an aromatic ring is 1. The minimum Gasteiger partial charge on any atom is -0.481 e. The second-order valence-corrected chi connectivity index (χ2v) is 10.1. The van der Waals surface area contributed by atoms with Crippen molar-refractivity contribution >= 4 is 29.3 Å². The van der Waals surface area contributed by atoms with Crippen molar-refractivity contribution in [3.05, 3.63) is 47.5 Å². The van der Waals surface area contributed by atoms with Gasteiger partial charge in [0.2, 0.25) is 6.79 Å². The maximum Gasteiger partial charge on any atom is 0.309 e. The third kappa shape index (κ3) is 9.48. The number of nitrogens with two attached hydrogens (primary N) is 1. The Kier molecular flexibility index (Phi) is 12.2. The predicted octanol–water partition coefficient (Wildman–Crippen LogP) is 5.99. The third-order valence-electron chi connectivity index (χ3n) is 5.84. The molecule has 4 N–H and O–H groups in total. The Balaban J connectivity index is 0.000000208. The monoisotopic (exact) mass is 511 g/mol. The molecule has 8 heteroatoms. The summed E-state index contributed by atoms with van der Waals surface area (Å²) >= 11 is 1.90. The van der Waals surface area contributed by atoms with Gasteiger partial charge in [-0.1, -0.05) is 50.3 Å². The molecule has 2 aromatic rings. The number of hydrogen-bond donors (Lipinski definition) is 3. The van der Waals surface area contributed by atoms with E-state index in [4.69, 9.17) is 25.7 Å². The highest BCUT2D eigenvalue weighted by atomic mass is 32.2. The lowest BCUT2D eigenvalue weighted by molar-refractivity contribution is -0.135. The number of nitrogens with one attached hydrogen (secondary N) is 1. The Morgan fingerprint density at radius 3 is 2.22 bits per heavy atom. The van der Waals surface area contributed by atoms with Crippen molar-refractivity contribution in [1.29, 1.82) is 5.41 Å². The molecule has 2 aliphatic heterocycles. The van der Waals surface area contributed by atoms with Gasteiger partial charge in [0.05, 0.1) is 12.1 Å². The van der Waals surface area contributed by atoms with Crippen LogP contribution in [0.1, 0.15) is 56.6 Å². The van der Waals surface area contributed by atoms with Gasteiger partial charge < -0.3 is 25.7 Å². The van der Waals surface area contributed by atoms with Crippen molar-refractivity contribution in [2.24, 2.45) is 5.92 Å². The number of anilines is 1. The average Bonchev–Trinajstić information content (AvgIpc) is 3.43. The van der Waals surface area contributed by atoms with Gasteiger partial charge in [0, 0.05) is 35.3 Å². The molecule has 3 aliphatic rings. The average molecular weight is 512 g/mol. The molecule has 2 fully saturated rings. The van der Waals surface area contributed by atoms with Crippen LogP contribution in [0.5, 0.6) is 11.5 Å². The normalized spacial score (nSPS) is 17.2. The molecule has 0 unspecified atom stereocenters. The fraction of sp³-hybridized carbons (Fsp3) is 0.429. The molecule has 2 heterocycles. The number of carbonyl (C=O) groups is 1. The van der Waals surface area contributed by atoms with E-state index >= 15 is 0 Å². The first-order valence-electron chi connectivity index (χ1n) is 12.1. The molecule has 5 rings (SSSR count). The fourth-order valence-electron chi connectivity index (χ4n) is 3.44. The number of carboxylic acids is 1. The Morgan fingerprint density at radius 1 is 1.14 bits per heavy atom. The van der Waals surface area contributed by atoms with E-state index in [0.717, 1.165) is 5.92 Å². The first kappa shape index (κ1) is 29.1. The number of aliphatic carboxylic acids is 1. The van der Waals surface area contributed by atoms with E-state index in [1.165, 1.54) is 67.8 Å². The Hall–Kier alpha value is -3.15. The van der Waals surface area contributed by atoms with Crippen LogP contribution in [-0.2, 0) is 4.79 Å². The van der Waals surface area contributed by atoms with E-state index in [-0.39, 0.29) is 18.9 Å². The summed E-state index contributed by atoms with van der Waals surface area (Å²) in [5.41, 5.74) is 7.67. The Bertz CT molecular complexity index is 1020. The minimum atomic E-state index is -1.07. The predicted molar refractivity (Wildman–Crippen MR) is 147 cm³/mol. The van der Waals surface area contributed by atoms with Crippen LogP contribution >= 0.6 is 11.9 Å². The number of nitrogens with zero attached hydrogens (tertiary/aromatic N) is 1. The van der Waals surface area contributed by atoms with Crippen LogP contribution in [0.15, 0.2) is 41.3 Å². The van der Waals surface area contributed by atoms with Crippen molar-refractivity contribution in [2.45, 2.75) is 57.3 Å². The molecule has 0 radical (unpaired) electrons. The summed E-state index contributed by atoms with van der Waals surface area (Å²) in [6.45, 7) is 7.05. The van der Waals surface area contributed by atoms with Gasteiger partial charge in [0.25, 0.3) is 0 Å². The molecule has 7 nitrogen and oxygen atoms in total. The van der Waals surface area contributed by atoms with Gasteiger partial charge >= 0.3 is 5.97 Å². The van der Waals surface area contributed by atoms with E-state index in [0.29, 0.717) is 22.7 Å². The highest BCUT2D eigenvalue weighted by Gasteiger charge is 2.20. The maximum absolute atomic E-state index is 10.5. The summed E-state index contributed by atoms with van der Waals surface area (Å²) in [5.74, 6) is 0.804. The van der Waals surface area contributed by atoms with Crippen molar-refractivity contribution < 1.29 is 19.4 Å². The first-order valence-corrected chi connectivity index (χ1v) is 12.9. The molecule has 2 aromatic carbocycles. The molecule has 194 valence electrons. The van der Waals surface area contributed by atoms with Crippen LogP contribution in [0.2, 0.25) is 0 Å². The summed E-state index contributed by atoms with van der Waals surface area (Å²) in [4.78, 5) is 11.9. The number of fused-ring (bicyclic) bond motifs is 1. The van der Waals surface area contributed by atoms with Crippen molar-refractivity contribution in [3.8, 4) is 24.3 Å². The zero-order chi connectivity index (χ0) is 26.5. The first-order chi connectivity index (χ1) is 17.3. The number of hydrogen-bond acceptors (Lipinski definition) is 7. The smallest absolute Gasteiger partial charge is 0.309 e. The maximum atomic E-state index is 10.5. The van der Waals surface area contributed by atoms with Crippen LogP contribution in [0.4, 0.5) is 5.69 Å². The van der Waals surface area contributed by atoms with Gasteiger partial charge in [-0.05, 0) is 49.4 Å². The summed E-state index contributed by atoms with van der Waals surface area (Å²) in [6.07, 6.45) is 15.0. The Labute approximate surface area is 219 Å². The van der Waals surface area contributed by atoms with Crippen LogP contribution in [-0.4, -0.2) is 41.0 Å². The number of aryl methyl sites for hydroxylation is 1. The van der Waals surface area contributed by atoms with E-state index in [2.05, 4.69) is 55.3 Å². The molecule has 1 aliphatic carbocycles. The lowest BCUT2D eigenvalue weighted by Gasteiger charge is -2.13. The van der Waals surface area contributed by atoms with Crippen LogP contribution < -0.4 is 15.2 Å². The summed E-state index contributed by atoms with van der Waals surface area (Å²) in [6, 6.07) is 11.9. The van der Waals surface area contributed by atoms with Crippen molar-refractivity contribution in [3.63, 3.8) is 0 Å². The molecule has 1 saturated heterocycles. The lowest BCUT2D eigenvalue weighted by atomic mass is 10.0. The molecule has 1 saturated carbocycles. The number of ether oxygens (including phenoxy) is 2. The number of benzene rings is 2. The van der Waals surface area contributed by atoms with Crippen LogP contribution in [0.25, 0.3) is 0 Å². The minimum absolute atomic E-state index is 0.0525. The van der Waals surface area contributed by atoms with Gasteiger partial charge in [0.1, 0.15) is 0 Å². The van der Waals surface area contributed by atoms with Gasteiger partial charge in [0.15, 0.2) is 11.5 Å². The highest BCUT2D eigenvalue weighted by Crippen LogP contribution is 2.36. The highest BCUT2D eigenvalue weighted by molar-refractivity contribution is 7.97. The summed E-state index contributed by atoms with van der Waals surface area (Å²) < 4.78 is 12.7. The van der Waals surface area contributed by atoms with Crippen LogP contribution in [0.3, 0.4) is 0 Å². The van der Waals surface area contributed by atoms with Gasteiger partial charge in [-0.3, -0.25) is 4.79 Å². The third-order valence-corrected chi connectivity index (χ3v) is 6.91. The number of carboxylic acid groups (broad SMARTS) is 1. The summed E-state index contributed by atoms with van der Waals surface area (Å²) in [5, 5.41) is 16.2. The molecule has 0 spiro atoms. The SMILES string of the molecule is C#C.C1CCC1.Cc1ccc(SN2CC[C@H](C)C2)cc1.N=C(CC(=O)O)c1cc2c(cc1N)OCO2. The van der Waals surface area contributed by atoms with Gasteiger partial charge in [-0.25, -0.2) is 4.31 Å². The van der Waals surface area contributed by atoms with E-state index in [1.54, 1.807) is 0 Å². The molecular formula is C28H37N3O4S. The summed E-state index contributed by atoms with van der Waals surface area (Å²) in [7, 11) is 0. The molecule has 0 amide bonds. The second kappa shape index (κ2) is 15.1. The molecule has 0 aromatic heterocycles. The molecule has 1 atom stereocenters. The fourth-order valence-corrected chi connectivity index (χ4v) is 4.52. The zero-order valence-electron chi connectivity index (χ0n) is 21.2. The zero-order valence-corrected chi connectivity index (χ0v) is 22.0. The number of rotatable bonds is 5.